The van der Waals surface area contributed by atoms with E-state index in [-0.39, 0.29) is 5.91 Å². The number of hydrogen-bond donors (Lipinski definition) is 1. The van der Waals surface area contributed by atoms with Crippen molar-refractivity contribution >= 4 is 44.0 Å². The Morgan fingerprint density at radius 1 is 0.909 bits per heavy atom. The zero-order valence-corrected chi connectivity index (χ0v) is 21.5. The van der Waals surface area contributed by atoms with Crippen molar-refractivity contribution in [3.63, 3.8) is 0 Å². The van der Waals surface area contributed by atoms with Crippen molar-refractivity contribution in [3.05, 3.63) is 86.3 Å². The van der Waals surface area contributed by atoms with Crippen molar-refractivity contribution < 1.29 is 19.0 Å². The number of ether oxygens (including phenoxy) is 3. The number of benzene rings is 3. The lowest BCUT2D eigenvalue weighted by Crippen LogP contribution is -2.17. The summed E-state index contributed by atoms with van der Waals surface area (Å²) < 4.78 is 18.6. The van der Waals surface area contributed by atoms with Crippen molar-refractivity contribution in [2.24, 2.45) is 5.10 Å². The van der Waals surface area contributed by atoms with E-state index in [1.54, 1.807) is 24.4 Å². The molecule has 0 bridgehead atoms. The van der Waals surface area contributed by atoms with Crippen LogP contribution in [0.1, 0.15) is 35.3 Å². The van der Waals surface area contributed by atoms with Crippen LogP contribution in [-0.4, -0.2) is 25.3 Å². The molecule has 0 unspecified atom stereocenters. The van der Waals surface area contributed by atoms with Crippen molar-refractivity contribution in [2.75, 3.05) is 13.2 Å². The summed E-state index contributed by atoms with van der Waals surface area (Å²) >= 11 is 7.08. The largest absolute Gasteiger partial charge is 0.490 e. The molecule has 0 spiro atoms. The van der Waals surface area contributed by atoms with Crippen LogP contribution in [0.15, 0.2) is 74.7 Å². The van der Waals surface area contributed by atoms with Crippen LogP contribution in [0.5, 0.6) is 17.2 Å². The quantitative estimate of drug-likeness (QED) is 0.226. The molecule has 0 atom stereocenters. The van der Waals surface area contributed by atoms with Gasteiger partial charge < -0.3 is 14.2 Å². The molecule has 3 aromatic carbocycles. The highest BCUT2D eigenvalue weighted by Gasteiger charge is 2.12. The Hall–Kier alpha value is -2.84. The maximum atomic E-state index is 12.5. The number of carbonyl (C=O) groups excluding carboxylic acids is 1. The molecule has 1 N–H and O–H groups in total. The second-order valence-corrected chi connectivity index (χ2v) is 8.52. The van der Waals surface area contributed by atoms with Crippen LogP contribution in [0, 0.1) is 0 Å². The van der Waals surface area contributed by atoms with Gasteiger partial charge in [-0.05, 0) is 87.2 Å². The minimum atomic E-state index is -0.351. The van der Waals surface area contributed by atoms with Crippen LogP contribution in [0.4, 0.5) is 0 Å². The maximum absolute atomic E-state index is 12.5. The lowest BCUT2D eigenvalue weighted by Gasteiger charge is -2.12. The number of nitrogens with one attached hydrogen (secondary N) is 1. The molecule has 3 rings (SSSR count). The molecule has 0 aliphatic carbocycles. The molecular weight excluding hydrogens is 552 g/mol. The van der Waals surface area contributed by atoms with Crippen LogP contribution in [-0.2, 0) is 6.61 Å². The summed E-state index contributed by atoms with van der Waals surface area (Å²) in [7, 11) is 0. The second-order valence-electron chi connectivity index (χ2n) is 6.81. The number of hydrazone groups is 1. The smallest absolute Gasteiger partial charge is 0.271 e. The third kappa shape index (κ3) is 7.07. The van der Waals surface area contributed by atoms with Crippen molar-refractivity contribution in [1.82, 2.24) is 5.43 Å². The van der Waals surface area contributed by atoms with Crippen molar-refractivity contribution in [2.45, 2.75) is 20.5 Å². The van der Waals surface area contributed by atoms with Gasteiger partial charge in [-0.15, -0.1) is 0 Å². The first kappa shape index (κ1) is 24.8. The van der Waals surface area contributed by atoms with Gasteiger partial charge in [0.2, 0.25) is 0 Å². The highest BCUT2D eigenvalue weighted by atomic mass is 79.9. The zero-order chi connectivity index (χ0) is 23.6. The molecule has 172 valence electrons. The number of rotatable bonds is 10. The molecule has 0 saturated heterocycles. The van der Waals surface area contributed by atoms with Gasteiger partial charge >= 0.3 is 0 Å². The van der Waals surface area contributed by atoms with E-state index in [1.807, 2.05) is 56.3 Å². The SMILES string of the molecule is CCOc1ccc(C(=O)N/N=C/c2cc(Br)c(OCc3ccccc3)c(Br)c2)cc1OCC. The van der Waals surface area contributed by atoms with Gasteiger partial charge in [-0.2, -0.15) is 5.10 Å². The third-order valence-electron chi connectivity index (χ3n) is 4.43. The van der Waals surface area contributed by atoms with Crippen LogP contribution < -0.4 is 19.6 Å². The van der Waals surface area contributed by atoms with Crippen LogP contribution in [0.25, 0.3) is 0 Å². The predicted octanol–water partition coefficient (Wildman–Crippen LogP) is 6.35. The third-order valence-corrected chi connectivity index (χ3v) is 5.61. The zero-order valence-electron chi connectivity index (χ0n) is 18.3. The van der Waals surface area contributed by atoms with E-state index < -0.39 is 0 Å². The van der Waals surface area contributed by atoms with Gasteiger partial charge in [0, 0.05) is 5.56 Å². The Balaban J connectivity index is 1.65. The molecule has 0 radical (unpaired) electrons. The van der Waals surface area contributed by atoms with E-state index in [0.717, 1.165) is 20.1 Å². The molecule has 3 aromatic rings. The number of nitrogens with zero attached hydrogens (tertiary/aromatic N) is 1. The summed E-state index contributed by atoms with van der Waals surface area (Å²) in [5.41, 5.74) is 4.82. The molecule has 8 heteroatoms. The number of halogens is 2. The van der Waals surface area contributed by atoms with Gasteiger partial charge in [0.05, 0.1) is 28.4 Å². The molecule has 1 amide bonds. The summed E-state index contributed by atoms with van der Waals surface area (Å²) in [4.78, 5) is 12.5. The average molecular weight is 576 g/mol. The molecule has 0 fully saturated rings. The molecule has 33 heavy (non-hydrogen) atoms. The van der Waals surface area contributed by atoms with Gasteiger partial charge in [-0.1, -0.05) is 30.3 Å². The Labute approximate surface area is 210 Å². The first-order valence-electron chi connectivity index (χ1n) is 10.4. The Morgan fingerprint density at radius 3 is 2.24 bits per heavy atom. The molecule has 0 saturated carbocycles. The van der Waals surface area contributed by atoms with Crippen molar-refractivity contribution in [1.29, 1.82) is 0 Å². The first-order valence-corrected chi connectivity index (χ1v) is 12.0. The Morgan fingerprint density at radius 2 is 1.58 bits per heavy atom. The van der Waals surface area contributed by atoms with Crippen LogP contribution >= 0.6 is 31.9 Å². The predicted molar refractivity (Wildman–Crippen MR) is 136 cm³/mol. The average Bonchev–Trinajstić information content (AvgIpc) is 2.80. The summed E-state index contributed by atoms with van der Waals surface area (Å²) in [6, 6.07) is 18.7. The molecule has 0 heterocycles. The number of carbonyl (C=O) groups is 1. The number of hydrogen-bond acceptors (Lipinski definition) is 5. The van der Waals surface area contributed by atoms with Crippen LogP contribution in [0.3, 0.4) is 0 Å². The lowest BCUT2D eigenvalue weighted by atomic mass is 10.2. The van der Waals surface area contributed by atoms with E-state index >= 15 is 0 Å². The van der Waals surface area contributed by atoms with E-state index in [9.17, 15) is 4.79 Å². The van der Waals surface area contributed by atoms with Crippen molar-refractivity contribution in [3.8, 4) is 17.2 Å². The monoisotopic (exact) mass is 574 g/mol. The molecule has 0 aliphatic rings. The second kappa shape index (κ2) is 12.4. The summed E-state index contributed by atoms with van der Waals surface area (Å²) in [6.07, 6.45) is 1.56. The minimum absolute atomic E-state index is 0.351. The molecule has 0 aromatic heterocycles. The summed E-state index contributed by atoms with van der Waals surface area (Å²) in [5.74, 6) is 1.47. The normalized spacial score (nSPS) is 10.8. The van der Waals surface area contributed by atoms with E-state index in [2.05, 4.69) is 42.4 Å². The molecular formula is C25H24Br2N2O4. The standard InChI is InChI=1S/C25H24Br2N2O4/c1-3-31-22-11-10-19(14-23(22)32-4-2)25(30)29-28-15-18-12-20(26)24(21(27)13-18)33-16-17-8-6-5-7-9-17/h5-15H,3-4,16H2,1-2H3,(H,29,30)/b28-15+. The number of amides is 1. The summed E-state index contributed by atoms with van der Waals surface area (Å²) in [5, 5.41) is 4.08. The van der Waals surface area contributed by atoms with E-state index in [0.29, 0.717) is 42.6 Å². The Bertz CT molecular complexity index is 1100. The van der Waals surface area contributed by atoms with Gasteiger partial charge in [0.1, 0.15) is 12.4 Å². The first-order chi connectivity index (χ1) is 16.0. The maximum Gasteiger partial charge on any atom is 0.271 e. The van der Waals surface area contributed by atoms with E-state index in [1.165, 1.54) is 0 Å². The highest BCUT2D eigenvalue weighted by molar-refractivity contribution is 9.11. The van der Waals surface area contributed by atoms with Gasteiger partial charge in [-0.3, -0.25) is 4.79 Å². The molecule has 0 aliphatic heterocycles. The van der Waals surface area contributed by atoms with Gasteiger partial charge in [0.25, 0.3) is 5.91 Å². The van der Waals surface area contributed by atoms with Gasteiger partial charge in [0.15, 0.2) is 11.5 Å². The minimum Gasteiger partial charge on any atom is -0.490 e. The topological polar surface area (TPSA) is 69.2 Å². The fourth-order valence-electron chi connectivity index (χ4n) is 2.94. The fraction of sp³-hybridized carbons (Fsp3) is 0.200. The molecule has 6 nitrogen and oxygen atoms in total. The van der Waals surface area contributed by atoms with Gasteiger partial charge in [-0.25, -0.2) is 5.43 Å². The van der Waals surface area contributed by atoms with E-state index in [4.69, 9.17) is 14.2 Å². The lowest BCUT2D eigenvalue weighted by molar-refractivity contribution is 0.0954. The fourth-order valence-corrected chi connectivity index (χ4v) is 4.39. The highest BCUT2D eigenvalue weighted by Crippen LogP contribution is 2.35. The summed E-state index contributed by atoms with van der Waals surface area (Å²) in [6.45, 7) is 5.20. The van der Waals surface area contributed by atoms with Crippen LogP contribution in [0.2, 0.25) is 0 Å². The Kier molecular flexibility index (Phi) is 9.33.